The average Bonchev–Trinajstić information content (AvgIpc) is 2.87. The molecule has 1 aliphatic rings. The number of amides is 1. The van der Waals surface area contributed by atoms with Gasteiger partial charge in [0.1, 0.15) is 23.0 Å². The third kappa shape index (κ3) is 5.46. The van der Waals surface area contributed by atoms with Crippen LogP contribution in [0.5, 0.6) is 5.75 Å². The van der Waals surface area contributed by atoms with Crippen molar-refractivity contribution < 1.29 is 22.3 Å². The standard InChI is InChI=1S/C27H30FN3O4S/c1-20-5-4-6-24(17-20)31(36(33,34)26-18-21(2)7-12-25(26)35-3)19-27(32)30-15-13-29(14-16-30)23-10-8-22(28)9-11-23/h4-12,17-18H,13-16,19H2,1-3H3. The summed E-state index contributed by atoms with van der Waals surface area (Å²) in [6.45, 7) is 5.36. The molecule has 1 fully saturated rings. The normalized spacial score (nSPS) is 14.0. The van der Waals surface area contributed by atoms with Gasteiger partial charge in [0.15, 0.2) is 0 Å². The van der Waals surface area contributed by atoms with Crippen molar-refractivity contribution in [2.45, 2.75) is 18.7 Å². The van der Waals surface area contributed by atoms with Crippen LogP contribution in [0.3, 0.4) is 0 Å². The topological polar surface area (TPSA) is 70.2 Å². The molecule has 0 spiro atoms. The summed E-state index contributed by atoms with van der Waals surface area (Å²) in [5.41, 5.74) is 2.95. The van der Waals surface area contributed by atoms with Crippen LogP contribution in [0.4, 0.5) is 15.8 Å². The van der Waals surface area contributed by atoms with E-state index in [1.807, 2.05) is 13.0 Å². The Hall–Kier alpha value is -3.59. The van der Waals surface area contributed by atoms with Gasteiger partial charge in [-0.3, -0.25) is 9.10 Å². The molecule has 0 unspecified atom stereocenters. The Bertz CT molecular complexity index is 1340. The number of ether oxygens (including phenoxy) is 1. The molecule has 36 heavy (non-hydrogen) atoms. The fraction of sp³-hybridized carbons (Fsp3) is 0.296. The Morgan fingerprint density at radius 1 is 0.944 bits per heavy atom. The highest BCUT2D eigenvalue weighted by atomic mass is 32.2. The zero-order valence-electron chi connectivity index (χ0n) is 20.6. The van der Waals surface area contributed by atoms with E-state index in [2.05, 4.69) is 4.90 Å². The first-order chi connectivity index (χ1) is 17.2. The van der Waals surface area contributed by atoms with Gasteiger partial charge in [-0.15, -0.1) is 0 Å². The molecule has 0 bridgehead atoms. The Kier molecular flexibility index (Phi) is 7.49. The number of hydrogen-bond acceptors (Lipinski definition) is 5. The van der Waals surface area contributed by atoms with Crippen molar-refractivity contribution in [2.75, 3.05) is 49.0 Å². The molecule has 0 N–H and O–H groups in total. The summed E-state index contributed by atoms with van der Waals surface area (Å²) >= 11 is 0. The van der Waals surface area contributed by atoms with Crippen LogP contribution in [0, 0.1) is 19.7 Å². The number of rotatable bonds is 7. The molecule has 1 saturated heterocycles. The van der Waals surface area contributed by atoms with Gasteiger partial charge in [0.25, 0.3) is 10.0 Å². The van der Waals surface area contributed by atoms with Crippen molar-refractivity contribution in [3.63, 3.8) is 0 Å². The van der Waals surface area contributed by atoms with Crippen LogP contribution >= 0.6 is 0 Å². The van der Waals surface area contributed by atoms with Gasteiger partial charge in [-0.1, -0.05) is 18.2 Å². The minimum absolute atomic E-state index is 0.0143. The number of carbonyl (C=O) groups excluding carboxylic acids is 1. The van der Waals surface area contributed by atoms with E-state index in [-0.39, 0.29) is 28.9 Å². The molecule has 9 heteroatoms. The Morgan fingerprint density at radius 2 is 1.61 bits per heavy atom. The summed E-state index contributed by atoms with van der Waals surface area (Å²) in [6.07, 6.45) is 0. The second kappa shape index (κ2) is 10.6. The van der Waals surface area contributed by atoms with Crippen LogP contribution in [0.1, 0.15) is 11.1 Å². The molecule has 3 aromatic carbocycles. The Balaban J connectivity index is 1.58. The molecule has 0 saturated carbocycles. The van der Waals surface area contributed by atoms with Crippen molar-refractivity contribution in [1.82, 2.24) is 4.90 Å². The SMILES string of the molecule is COc1ccc(C)cc1S(=O)(=O)N(CC(=O)N1CCN(c2ccc(F)cc2)CC1)c1cccc(C)c1. The lowest BCUT2D eigenvalue weighted by Crippen LogP contribution is -2.52. The van der Waals surface area contributed by atoms with Crippen LogP contribution in [-0.2, 0) is 14.8 Å². The van der Waals surface area contributed by atoms with E-state index in [4.69, 9.17) is 4.74 Å². The van der Waals surface area contributed by atoms with Crippen LogP contribution in [-0.4, -0.2) is 59.1 Å². The highest BCUT2D eigenvalue weighted by Gasteiger charge is 2.32. The van der Waals surface area contributed by atoms with Crippen molar-refractivity contribution in [3.8, 4) is 5.75 Å². The maximum Gasteiger partial charge on any atom is 0.268 e. The second-order valence-corrected chi connectivity index (χ2v) is 10.7. The minimum atomic E-state index is -4.11. The number of methoxy groups -OCH3 is 1. The Morgan fingerprint density at radius 3 is 2.25 bits per heavy atom. The summed E-state index contributed by atoms with van der Waals surface area (Å²) in [4.78, 5) is 17.1. The fourth-order valence-corrected chi connectivity index (χ4v) is 5.94. The number of nitrogens with zero attached hydrogens (tertiary/aromatic N) is 3. The number of benzene rings is 3. The first-order valence-corrected chi connectivity index (χ1v) is 13.2. The van der Waals surface area contributed by atoms with E-state index in [1.54, 1.807) is 60.4 Å². The van der Waals surface area contributed by atoms with Crippen molar-refractivity contribution in [2.24, 2.45) is 0 Å². The number of carbonyl (C=O) groups is 1. The molecule has 0 aromatic heterocycles. The third-order valence-corrected chi connectivity index (χ3v) is 8.07. The van der Waals surface area contributed by atoms with E-state index in [0.29, 0.717) is 31.9 Å². The highest BCUT2D eigenvalue weighted by Crippen LogP contribution is 2.31. The van der Waals surface area contributed by atoms with Crippen molar-refractivity contribution in [3.05, 3.63) is 83.7 Å². The molecule has 7 nitrogen and oxygen atoms in total. The molecule has 1 amide bonds. The first-order valence-electron chi connectivity index (χ1n) is 11.7. The molecule has 190 valence electrons. The van der Waals surface area contributed by atoms with E-state index in [1.165, 1.54) is 19.2 Å². The second-order valence-electron chi connectivity index (χ2n) is 8.85. The molecule has 1 heterocycles. The summed E-state index contributed by atoms with van der Waals surface area (Å²) in [5, 5.41) is 0. The number of piperazine rings is 1. The number of aryl methyl sites for hydroxylation is 2. The van der Waals surface area contributed by atoms with Crippen LogP contribution in [0.15, 0.2) is 71.6 Å². The van der Waals surface area contributed by atoms with Gasteiger partial charge in [0, 0.05) is 31.9 Å². The lowest BCUT2D eigenvalue weighted by atomic mass is 10.2. The highest BCUT2D eigenvalue weighted by molar-refractivity contribution is 7.93. The largest absolute Gasteiger partial charge is 0.495 e. The van der Waals surface area contributed by atoms with E-state index in [0.717, 1.165) is 21.1 Å². The number of anilines is 2. The summed E-state index contributed by atoms with van der Waals surface area (Å²) in [5.74, 6) is -0.362. The number of halogens is 1. The average molecular weight is 512 g/mol. The van der Waals surface area contributed by atoms with E-state index in [9.17, 15) is 17.6 Å². The molecule has 0 atom stereocenters. The van der Waals surface area contributed by atoms with Gasteiger partial charge in [-0.25, -0.2) is 12.8 Å². The van der Waals surface area contributed by atoms with Crippen LogP contribution < -0.4 is 13.9 Å². The van der Waals surface area contributed by atoms with Gasteiger partial charge in [-0.05, 0) is 73.5 Å². The van der Waals surface area contributed by atoms with Gasteiger partial charge in [0.2, 0.25) is 5.91 Å². The molecular weight excluding hydrogens is 481 g/mol. The molecule has 1 aliphatic heterocycles. The van der Waals surface area contributed by atoms with Gasteiger partial charge < -0.3 is 14.5 Å². The van der Waals surface area contributed by atoms with E-state index < -0.39 is 10.0 Å². The zero-order chi connectivity index (χ0) is 25.9. The van der Waals surface area contributed by atoms with Crippen molar-refractivity contribution >= 4 is 27.3 Å². The van der Waals surface area contributed by atoms with Gasteiger partial charge in [-0.2, -0.15) is 0 Å². The lowest BCUT2D eigenvalue weighted by molar-refractivity contribution is -0.129. The molecule has 3 aromatic rings. The van der Waals surface area contributed by atoms with Crippen molar-refractivity contribution in [1.29, 1.82) is 0 Å². The number of hydrogen-bond donors (Lipinski definition) is 0. The maximum atomic E-state index is 13.9. The van der Waals surface area contributed by atoms with Gasteiger partial charge >= 0.3 is 0 Å². The first kappa shape index (κ1) is 25.5. The molecule has 0 radical (unpaired) electrons. The number of sulfonamides is 1. The van der Waals surface area contributed by atoms with Crippen LogP contribution in [0.25, 0.3) is 0 Å². The zero-order valence-corrected chi connectivity index (χ0v) is 21.5. The maximum absolute atomic E-state index is 13.9. The summed E-state index contributed by atoms with van der Waals surface area (Å²) in [6, 6.07) is 18.3. The van der Waals surface area contributed by atoms with Crippen LogP contribution in [0.2, 0.25) is 0 Å². The van der Waals surface area contributed by atoms with Gasteiger partial charge in [0.05, 0.1) is 12.8 Å². The fourth-order valence-electron chi connectivity index (χ4n) is 4.29. The summed E-state index contributed by atoms with van der Waals surface area (Å²) < 4.78 is 47.6. The predicted octanol–water partition coefficient (Wildman–Crippen LogP) is 4.00. The Labute approximate surface area is 211 Å². The third-order valence-electron chi connectivity index (χ3n) is 6.28. The smallest absolute Gasteiger partial charge is 0.268 e. The minimum Gasteiger partial charge on any atom is -0.495 e. The summed E-state index contributed by atoms with van der Waals surface area (Å²) in [7, 11) is -2.69. The van der Waals surface area contributed by atoms with E-state index >= 15 is 0 Å². The molecule has 0 aliphatic carbocycles. The monoisotopic (exact) mass is 511 g/mol. The predicted molar refractivity (Wildman–Crippen MR) is 139 cm³/mol. The molecular formula is C27H30FN3O4S. The molecule has 4 rings (SSSR count). The quantitative estimate of drug-likeness (QED) is 0.480. The lowest BCUT2D eigenvalue weighted by Gasteiger charge is -2.37.